The molecule has 0 aliphatic carbocycles. The second-order valence-electron chi connectivity index (χ2n) is 6.66. The zero-order valence-electron chi connectivity index (χ0n) is 15.3. The van der Waals surface area contributed by atoms with Crippen molar-refractivity contribution in [1.82, 2.24) is 0 Å². The van der Waals surface area contributed by atoms with E-state index in [1.807, 2.05) is 12.2 Å². The lowest BCUT2D eigenvalue weighted by molar-refractivity contribution is 0.894. The molecule has 0 bridgehead atoms. The zero-order valence-corrected chi connectivity index (χ0v) is 15.3. The van der Waals surface area contributed by atoms with E-state index in [4.69, 9.17) is 0 Å². The SMILES string of the molecule is C=Cc1ccc(CCc2ccccc2CCc2ccc(C=C)cc2)cc1. The Morgan fingerprint density at radius 1 is 0.500 bits per heavy atom. The van der Waals surface area contributed by atoms with Crippen molar-refractivity contribution in [2.24, 2.45) is 0 Å². The minimum atomic E-state index is 1.07. The van der Waals surface area contributed by atoms with Crippen LogP contribution in [-0.2, 0) is 25.7 Å². The van der Waals surface area contributed by atoms with Gasteiger partial charge >= 0.3 is 0 Å². The normalized spacial score (nSPS) is 10.5. The van der Waals surface area contributed by atoms with Crippen molar-refractivity contribution < 1.29 is 0 Å². The molecule has 0 aliphatic rings. The summed E-state index contributed by atoms with van der Waals surface area (Å²) in [6.45, 7) is 7.63. The molecule has 0 nitrogen and oxygen atoms in total. The average Bonchev–Trinajstić information content (AvgIpc) is 2.72. The van der Waals surface area contributed by atoms with E-state index in [1.165, 1.54) is 33.4 Å². The van der Waals surface area contributed by atoms with E-state index < -0.39 is 0 Å². The molecule has 0 spiro atoms. The predicted molar refractivity (Wildman–Crippen MR) is 114 cm³/mol. The Labute approximate surface area is 157 Å². The van der Waals surface area contributed by atoms with Crippen molar-refractivity contribution in [3.05, 3.63) is 119 Å². The van der Waals surface area contributed by atoms with E-state index >= 15 is 0 Å². The summed E-state index contributed by atoms with van der Waals surface area (Å²) in [7, 11) is 0. The third-order valence-electron chi connectivity index (χ3n) is 4.92. The predicted octanol–water partition coefficient (Wildman–Crippen LogP) is 6.54. The van der Waals surface area contributed by atoms with Crippen molar-refractivity contribution in [2.45, 2.75) is 25.7 Å². The fourth-order valence-electron chi connectivity index (χ4n) is 3.24. The average molecular weight is 338 g/mol. The molecule has 0 unspecified atom stereocenters. The maximum absolute atomic E-state index is 3.82. The Balaban J connectivity index is 1.63. The van der Waals surface area contributed by atoms with Gasteiger partial charge in [0.05, 0.1) is 0 Å². The van der Waals surface area contributed by atoms with Crippen molar-refractivity contribution in [2.75, 3.05) is 0 Å². The van der Waals surface area contributed by atoms with Crippen LogP contribution in [0.1, 0.15) is 33.4 Å². The van der Waals surface area contributed by atoms with Gasteiger partial charge in [0.15, 0.2) is 0 Å². The number of rotatable bonds is 8. The molecular weight excluding hydrogens is 312 g/mol. The lowest BCUT2D eigenvalue weighted by atomic mass is 9.95. The van der Waals surface area contributed by atoms with Gasteiger partial charge < -0.3 is 0 Å². The van der Waals surface area contributed by atoms with Crippen LogP contribution >= 0.6 is 0 Å². The standard InChI is InChI=1S/C26H26/c1-3-21-9-13-23(14-10-21)17-19-25-7-5-6-8-26(25)20-18-24-15-11-22(4-2)12-16-24/h3-16H,1-2,17-20H2. The van der Waals surface area contributed by atoms with Gasteiger partial charge in [-0.3, -0.25) is 0 Å². The van der Waals surface area contributed by atoms with Crippen LogP contribution in [0.3, 0.4) is 0 Å². The highest BCUT2D eigenvalue weighted by Crippen LogP contribution is 2.16. The summed E-state index contributed by atoms with van der Waals surface area (Å²) in [5, 5.41) is 0. The number of benzene rings is 3. The quantitative estimate of drug-likeness (QED) is 0.437. The summed E-state index contributed by atoms with van der Waals surface area (Å²) < 4.78 is 0. The molecule has 0 N–H and O–H groups in total. The van der Waals surface area contributed by atoms with Gasteiger partial charge in [0.2, 0.25) is 0 Å². The summed E-state index contributed by atoms with van der Waals surface area (Å²) in [5.41, 5.74) is 8.04. The minimum absolute atomic E-state index is 1.07. The van der Waals surface area contributed by atoms with E-state index in [0.29, 0.717) is 0 Å². The molecular formula is C26H26. The smallest absolute Gasteiger partial charge is 0.0236 e. The first-order valence-corrected chi connectivity index (χ1v) is 9.28. The lowest BCUT2D eigenvalue weighted by Gasteiger charge is -2.10. The van der Waals surface area contributed by atoms with Gasteiger partial charge in [-0.05, 0) is 59.1 Å². The maximum atomic E-state index is 3.82. The van der Waals surface area contributed by atoms with Gasteiger partial charge in [0, 0.05) is 0 Å². The van der Waals surface area contributed by atoms with Crippen LogP contribution in [0.15, 0.2) is 86.0 Å². The van der Waals surface area contributed by atoms with Crippen molar-refractivity contribution in [3.8, 4) is 0 Å². The molecule has 130 valence electrons. The monoisotopic (exact) mass is 338 g/mol. The maximum Gasteiger partial charge on any atom is -0.0236 e. The second-order valence-corrected chi connectivity index (χ2v) is 6.66. The van der Waals surface area contributed by atoms with E-state index in [0.717, 1.165) is 25.7 Å². The lowest BCUT2D eigenvalue weighted by Crippen LogP contribution is -1.99. The number of aryl methyl sites for hydroxylation is 4. The summed E-state index contributed by atoms with van der Waals surface area (Å²) in [4.78, 5) is 0. The van der Waals surface area contributed by atoms with E-state index in [-0.39, 0.29) is 0 Å². The molecule has 3 aromatic carbocycles. The Kier molecular flexibility index (Phi) is 6.22. The summed E-state index contributed by atoms with van der Waals surface area (Å²) in [6, 6.07) is 26.2. The highest BCUT2D eigenvalue weighted by Gasteiger charge is 2.04. The van der Waals surface area contributed by atoms with Crippen LogP contribution in [0.4, 0.5) is 0 Å². The third kappa shape index (κ3) is 4.83. The first-order valence-electron chi connectivity index (χ1n) is 9.28. The van der Waals surface area contributed by atoms with E-state index in [9.17, 15) is 0 Å². The Morgan fingerprint density at radius 3 is 1.23 bits per heavy atom. The molecule has 0 fully saturated rings. The molecule has 3 rings (SSSR count). The molecule has 0 saturated heterocycles. The van der Waals surface area contributed by atoms with Crippen molar-refractivity contribution >= 4 is 12.2 Å². The first-order chi connectivity index (χ1) is 12.8. The van der Waals surface area contributed by atoms with Gasteiger partial charge in [-0.2, -0.15) is 0 Å². The summed E-state index contributed by atoms with van der Waals surface area (Å²) in [5.74, 6) is 0. The molecule has 0 aliphatic heterocycles. The van der Waals surface area contributed by atoms with Gasteiger partial charge in [-0.15, -0.1) is 0 Å². The van der Waals surface area contributed by atoms with E-state index in [1.54, 1.807) is 0 Å². The van der Waals surface area contributed by atoms with Crippen molar-refractivity contribution in [3.63, 3.8) is 0 Å². The van der Waals surface area contributed by atoms with E-state index in [2.05, 4.69) is 86.0 Å². The fraction of sp³-hybridized carbons (Fsp3) is 0.154. The van der Waals surface area contributed by atoms with Crippen LogP contribution < -0.4 is 0 Å². The number of hydrogen-bond donors (Lipinski definition) is 0. The zero-order chi connectivity index (χ0) is 18.2. The van der Waals surface area contributed by atoms with Crippen LogP contribution in [0.25, 0.3) is 12.2 Å². The van der Waals surface area contributed by atoms with Crippen LogP contribution in [0.2, 0.25) is 0 Å². The summed E-state index contributed by atoms with van der Waals surface area (Å²) >= 11 is 0. The fourth-order valence-corrected chi connectivity index (χ4v) is 3.24. The molecule has 0 heterocycles. The molecule has 0 heteroatoms. The van der Waals surface area contributed by atoms with Crippen LogP contribution in [0.5, 0.6) is 0 Å². The largest absolute Gasteiger partial charge is 0.0985 e. The molecule has 0 saturated carbocycles. The van der Waals surface area contributed by atoms with Gasteiger partial charge in [-0.25, -0.2) is 0 Å². The number of hydrogen-bond acceptors (Lipinski definition) is 0. The summed E-state index contributed by atoms with van der Waals surface area (Å²) in [6.07, 6.45) is 8.09. The topological polar surface area (TPSA) is 0 Å². The van der Waals surface area contributed by atoms with Gasteiger partial charge in [0.1, 0.15) is 0 Å². The van der Waals surface area contributed by atoms with Crippen LogP contribution in [0, 0.1) is 0 Å². The van der Waals surface area contributed by atoms with Crippen molar-refractivity contribution in [1.29, 1.82) is 0 Å². The second kappa shape index (κ2) is 9.01. The molecule has 0 aromatic heterocycles. The Morgan fingerprint density at radius 2 is 0.885 bits per heavy atom. The molecule has 0 radical (unpaired) electrons. The Hall–Kier alpha value is -2.86. The Bertz CT molecular complexity index is 777. The molecule has 3 aromatic rings. The molecule has 0 amide bonds. The van der Waals surface area contributed by atoms with Crippen LogP contribution in [-0.4, -0.2) is 0 Å². The molecule has 0 atom stereocenters. The van der Waals surface area contributed by atoms with Gasteiger partial charge in [-0.1, -0.05) is 98.1 Å². The molecule has 26 heavy (non-hydrogen) atoms. The first kappa shape index (κ1) is 17.9. The highest BCUT2D eigenvalue weighted by atomic mass is 14.1. The highest BCUT2D eigenvalue weighted by molar-refractivity contribution is 5.48. The van der Waals surface area contributed by atoms with Gasteiger partial charge in [0.25, 0.3) is 0 Å². The minimum Gasteiger partial charge on any atom is -0.0985 e. The third-order valence-corrected chi connectivity index (χ3v) is 4.92.